The molecule has 0 atom stereocenters. The number of rotatable bonds is 5. The van der Waals surface area contributed by atoms with Gasteiger partial charge in [-0.15, -0.1) is 0 Å². The number of para-hydroxylation sites is 1. The number of pyridine rings is 2. The van der Waals surface area contributed by atoms with Gasteiger partial charge in [-0.2, -0.15) is 0 Å². The first-order chi connectivity index (χ1) is 27.2. The number of benzene rings is 8. The summed E-state index contributed by atoms with van der Waals surface area (Å²) in [6.45, 7) is 0. The molecule has 3 heterocycles. The van der Waals surface area contributed by atoms with Crippen molar-refractivity contribution >= 4 is 64.6 Å². The van der Waals surface area contributed by atoms with Gasteiger partial charge in [-0.1, -0.05) is 103 Å². The molecule has 0 N–H and O–H groups in total. The second kappa shape index (κ2) is 11.0. The number of hydrogen-bond acceptors (Lipinski definition) is 4. The lowest BCUT2D eigenvalue weighted by Gasteiger charge is -2.15. The van der Waals surface area contributed by atoms with E-state index in [4.69, 9.17) is 0 Å². The highest BCUT2D eigenvalue weighted by Gasteiger charge is 2.30. The summed E-state index contributed by atoms with van der Waals surface area (Å²) in [5, 5.41) is 11.3. The fourth-order valence-corrected chi connectivity index (χ4v) is 9.42. The number of nitrogens with zero attached hydrogens (tertiary/aromatic N) is 3. The average molecular weight is 702 g/mol. The molecule has 12 rings (SSSR count). The predicted molar refractivity (Wildman–Crippen MR) is 225 cm³/mol. The molecule has 0 aliphatic carbocycles. The summed E-state index contributed by atoms with van der Waals surface area (Å²) < 4.78 is 1.45. The van der Waals surface area contributed by atoms with Gasteiger partial charge in [0.15, 0.2) is 0 Å². The van der Waals surface area contributed by atoms with E-state index in [-0.39, 0.29) is 11.1 Å². The smallest absolute Gasteiger partial charge is 0.266 e. The maximum absolute atomic E-state index is 15.6. The minimum atomic E-state index is -0.323. The summed E-state index contributed by atoms with van der Waals surface area (Å²) >= 11 is 0. The maximum atomic E-state index is 15.6. The molecule has 0 unspecified atom stereocenters. The fourth-order valence-electron chi connectivity index (χ4n) is 9.42. The predicted octanol–water partition coefficient (Wildman–Crippen LogP) is 11.3. The van der Waals surface area contributed by atoms with Crippen molar-refractivity contribution in [3.05, 3.63) is 185 Å². The first-order valence-corrected chi connectivity index (χ1v) is 18.4. The molecule has 3 aromatic heterocycles. The van der Waals surface area contributed by atoms with Crippen LogP contribution in [0.4, 0.5) is 0 Å². The van der Waals surface area contributed by atoms with Gasteiger partial charge in [0.2, 0.25) is 0 Å². The van der Waals surface area contributed by atoms with Crippen molar-refractivity contribution in [1.29, 1.82) is 0 Å². The molecule has 0 fully saturated rings. The zero-order chi connectivity index (χ0) is 36.4. The van der Waals surface area contributed by atoms with Crippen molar-refractivity contribution < 1.29 is 0 Å². The third-order valence-corrected chi connectivity index (χ3v) is 11.7. The Balaban J connectivity index is 1.34. The van der Waals surface area contributed by atoms with Crippen LogP contribution in [0.5, 0.6) is 0 Å². The lowest BCUT2D eigenvalue weighted by atomic mass is 9.89. The molecule has 0 spiro atoms. The number of aromatic nitrogens is 3. The first kappa shape index (κ1) is 30.0. The quantitative estimate of drug-likeness (QED) is 0.168. The van der Waals surface area contributed by atoms with E-state index >= 15 is 9.59 Å². The highest BCUT2D eigenvalue weighted by molar-refractivity contribution is 6.50. The normalized spacial score (nSPS) is 12.1. The van der Waals surface area contributed by atoms with Crippen LogP contribution in [0.3, 0.4) is 0 Å². The van der Waals surface area contributed by atoms with Gasteiger partial charge < -0.3 is 0 Å². The molecule has 0 saturated carbocycles. The zero-order valence-corrected chi connectivity index (χ0v) is 29.2. The van der Waals surface area contributed by atoms with Crippen LogP contribution >= 0.6 is 0 Å². The van der Waals surface area contributed by atoms with Crippen molar-refractivity contribution in [2.75, 3.05) is 0 Å². The van der Waals surface area contributed by atoms with Gasteiger partial charge in [-0.05, 0) is 124 Å². The van der Waals surface area contributed by atoms with E-state index in [1.165, 1.54) is 4.57 Å². The van der Waals surface area contributed by atoms with Crippen molar-refractivity contribution in [1.82, 2.24) is 14.5 Å². The third-order valence-electron chi connectivity index (χ3n) is 11.7. The van der Waals surface area contributed by atoms with Crippen molar-refractivity contribution in [3.8, 4) is 50.2 Å². The largest absolute Gasteiger partial charge is 0.268 e. The molecule has 0 aliphatic rings. The lowest BCUT2D eigenvalue weighted by Crippen LogP contribution is -2.25. The molecule has 12 aromatic rings. The molecule has 254 valence electrons. The van der Waals surface area contributed by atoms with Gasteiger partial charge >= 0.3 is 0 Å². The van der Waals surface area contributed by atoms with E-state index in [0.717, 1.165) is 98.4 Å². The maximum Gasteiger partial charge on any atom is 0.266 e. The van der Waals surface area contributed by atoms with E-state index in [0.29, 0.717) is 16.5 Å². The molecule has 5 nitrogen and oxygen atoms in total. The van der Waals surface area contributed by atoms with Gasteiger partial charge in [0, 0.05) is 35.9 Å². The summed E-state index contributed by atoms with van der Waals surface area (Å²) in [7, 11) is 0. The Morgan fingerprint density at radius 1 is 0.345 bits per heavy atom. The van der Waals surface area contributed by atoms with Gasteiger partial charge in [0.25, 0.3) is 11.1 Å². The minimum Gasteiger partial charge on any atom is -0.268 e. The third kappa shape index (κ3) is 3.96. The minimum absolute atomic E-state index is 0.323. The van der Waals surface area contributed by atoms with E-state index in [1.807, 2.05) is 103 Å². The van der Waals surface area contributed by atoms with Crippen molar-refractivity contribution in [3.63, 3.8) is 0 Å². The van der Waals surface area contributed by atoms with Crippen LogP contribution in [-0.2, 0) is 0 Å². The Morgan fingerprint density at radius 2 is 0.764 bits per heavy atom. The standard InChI is InChI=1S/C50H27N3O2/c54-49-46-39-26-37(30-18-22-51-23-19-30)35-16-14-32-15-17-36-38(31-20-24-52-25-21-31)27-40(45-43(36)41(32)42(35)44(39)45)47(46)50(55)53(49)48-33(28-8-3-1-4-9-28)12-7-13-34(48)29-10-5-2-6-11-29/h1-27H. The molecule has 0 amide bonds. The molecule has 5 heteroatoms. The monoisotopic (exact) mass is 701 g/mol. The second-order valence-electron chi connectivity index (χ2n) is 14.4. The molecular weight excluding hydrogens is 675 g/mol. The topological polar surface area (TPSA) is 64.8 Å². The molecule has 9 aromatic carbocycles. The van der Waals surface area contributed by atoms with Crippen LogP contribution in [0.15, 0.2) is 174 Å². The zero-order valence-electron chi connectivity index (χ0n) is 29.2. The first-order valence-electron chi connectivity index (χ1n) is 18.4. The van der Waals surface area contributed by atoms with Crippen LogP contribution in [0.1, 0.15) is 0 Å². The molecule has 0 bridgehead atoms. The Hall–Kier alpha value is -7.50. The summed E-state index contributed by atoms with van der Waals surface area (Å²) in [4.78, 5) is 39.8. The average Bonchev–Trinajstić information content (AvgIpc) is 3.75. The van der Waals surface area contributed by atoms with E-state index < -0.39 is 0 Å². The van der Waals surface area contributed by atoms with Crippen LogP contribution in [0.2, 0.25) is 0 Å². The van der Waals surface area contributed by atoms with E-state index in [2.05, 4.69) is 46.4 Å². The summed E-state index contributed by atoms with van der Waals surface area (Å²) in [6, 6.07) is 47.2. The Labute approximate surface area is 313 Å². The molecule has 0 saturated heterocycles. The Bertz CT molecular complexity index is 3320. The van der Waals surface area contributed by atoms with E-state index in [1.54, 1.807) is 24.8 Å². The second-order valence-corrected chi connectivity index (χ2v) is 14.4. The van der Waals surface area contributed by atoms with E-state index in [9.17, 15) is 0 Å². The Morgan fingerprint density at radius 3 is 1.22 bits per heavy atom. The van der Waals surface area contributed by atoms with Gasteiger partial charge in [0.1, 0.15) is 0 Å². The molecular formula is C50H27N3O2. The molecule has 55 heavy (non-hydrogen) atoms. The fraction of sp³-hybridized carbons (Fsp3) is 0. The van der Waals surface area contributed by atoms with Gasteiger partial charge in [-0.3, -0.25) is 19.6 Å². The van der Waals surface area contributed by atoms with Crippen LogP contribution in [0, 0.1) is 0 Å². The summed E-state index contributed by atoms with van der Waals surface area (Å²) in [6.07, 6.45) is 7.20. The SMILES string of the molecule is O=c1c2c3cc(-c4ccncc4)c4ccc5ccc6c(-c7ccncc7)cc(c2c(=O)n1-c1c(-c2ccccc2)cccc1-c1ccccc1)c1c6c5c4c31. The Kier molecular flexibility index (Phi) is 6.01. The molecule has 0 radical (unpaired) electrons. The van der Waals surface area contributed by atoms with Gasteiger partial charge in [-0.25, -0.2) is 4.57 Å². The number of fused-ring (bicyclic) bond motifs is 3. The summed E-state index contributed by atoms with van der Waals surface area (Å²) in [5.41, 5.74) is 7.41. The van der Waals surface area contributed by atoms with Gasteiger partial charge in [0.05, 0.1) is 16.5 Å². The van der Waals surface area contributed by atoms with Crippen LogP contribution in [-0.4, -0.2) is 14.5 Å². The summed E-state index contributed by atoms with van der Waals surface area (Å²) in [5.74, 6) is 0. The van der Waals surface area contributed by atoms with Crippen LogP contribution < -0.4 is 11.1 Å². The lowest BCUT2D eigenvalue weighted by molar-refractivity contribution is 0.996. The highest BCUT2D eigenvalue weighted by atomic mass is 16.2. The highest BCUT2D eigenvalue weighted by Crippen LogP contribution is 2.54. The molecule has 0 aliphatic heterocycles. The van der Waals surface area contributed by atoms with Crippen molar-refractivity contribution in [2.24, 2.45) is 0 Å². The van der Waals surface area contributed by atoms with Crippen LogP contribution in [0.25, 0.3) is 115 Å². The van der Waals surface area contributed by atoms with Crippen molar-refractivity contribution in [2.45, 2.75) is 0 Å². The number of hydrogen-bond donors (Lipinski definition) is 0.